The summed E-state index contributed by atoms with van der Waals surface area (Å²) in [6.45, 7) is 6.52. The van der Waals surface area contributed by atoms with Crippen LogP contribution >= 0.6 is 0 Å². The van der Waals surface area contributed by atoms with Gasteiger partial charge in [-0.25, -0.2) is 9.97 Å². The molecular formula is C17H22N4O. The lowest BCUT2D eigenvalue weighted by atomic mass is 10.1. The Balaban J connectivity index is 1.92. The number of aromatic nitrogens is 2. The van der Waals surface area contributed by atoms with Gasteiger partial charge in [0.25, 0.3) is 5.91 Å². The van der Waals surface area contributed by atoms with Crippen LogP contribution < -0.4 is 10.6 Å². The Morgan fingerprint density at radius 2 is 1.86 bits per heavy atom. The van der Waals surface area contributed by atoms with E-state index in [0.29, 0.717) is 18.2 Å². The first-order valence-corrected chi connectivity index (χ1v) is 7.37. The molecule has 0 aliphatic carbocycles. The molecule has 2 rings (SSSR count). The van der Waals surface area contributed by atoms with Crippen molar-refractivity contribution in [3.63, 3.8) is 0 Å². The molecule has 5 heteroatoms. The Bertz CT molecular complexity index is 620. The van der Waals surface area contributed by atoms with Gasteiger partial charge in [-0.1, -0.05) is 30.3 Å². The van der Waals surface area contributed by atoms with Crippen LogP contribution in [-0.4, -0.2) is 28.0 Å². The van der Waals surface area contributed by atoms with Gasteiger partial charge < -0.3 is 10.6 Å². The second kappa shape index (κ2) is 7.02. The first-order valence-electron chi connectivity index (χ1n) is 7.37. The van der Waals surface area contributed by atoms with E-state index in [0.717, 1.165) is 6.42 Å². The highest BCUT2D eigenvalue weighted by atomic mass is 16.2. The highest BCUT2D eigenvalue weighted by Gasteiger charge is 2.16. The van der Waals surface area contributed by atoms with Crippen molar-refractivity contribution in [3.8, 4) is 0 Å². The maximum Gasteiger partial charge on any atom is 0.270 e. The summed E-state index contributed by atoms with van der Waals surface area (Å²) >= 11 is 0. The van der Waals surface area contributed by atoms with Crippen molar-refractivity contribution >= 4 is 11.9 Å². The van der Waals surface area contributed by atoms with Gasteiger partial charge in [0.05, 0.1) is 0 Å². The highest BCUT2D eigenvalue weighted by molar-refractivity contribution is 5.92. The van der Waals surface area contributed by atoms with Gasteiger partial charge in [-0.3, -0.25) is 4.79 Å². The molecule has 0 spiro atoms. The van der Waals surface area contributed by atoms with Gasteiger partial charge in [-0.2, -0.15) is 0 Å². The molecular weight excluding hydrogens is 276 g/mol. The van der Waals surface area contributed by atoms with E-state index < -0.39 is 0 Å². The summed E-state index contributed by atoms with van der Waals surface area (Å²) in [5.41, 5.74) is 1.33. The zero-order valence-corrected chi connectivity index (χ0v) is 13.3. The number of carbonyl (C=O) groups excluding carboxylic acids is 1. The molecule has 22 heavy (non-hydrogen) atoms. The predicted octanol–water partition coefficient (Wildman–Crippen LogP) is 2.66. The highest BCUT2D eigenvalue weighted by Crippen LogP contribution is 2.05. The first-order chi connectivity index (χ1) is 10.4. The third kappa shape index (κ3) is 5.16. The number of nitrogens with one attached hydrogen (secondary N) is 2. The minimum absolute atomic E-state index is 0.194. The Morgan fingerprint density at radius 3 is 2.55 bits per heavy atom. The molecule has 0 fully saturated rings. The van der Waals surface area contributed by atoms with Crippen LogP contribution in [0.25, 0.3) is 0 Å². The van der Waals surface area contributed by atoms with Crippen LogP contribution in [0.3, 0.4) is 0 Å². The van der Waals surface area contributed by atoms with E-state index >= 15 is 0 Å². The van der Waals surface area contributed by atoms with Crippen LogP contribution in [0, 0.1) is 0 Å². The topological polar surface area (TPSA) is 66.9 Å². The van der Waals surface area contributed by atoms with E-state index in [4.69, 9.17) is 0 Å². The van der Waals surface area contributed by atoms with Crippen molar-refractivity contribution in [2.24, 2.45) is 0 Å². The minimum Gasteiger partial charge on any atom is -0.354 e. The summed E-state index contributed by atoms with van der Waals surface area (Å²) < 4.78 is 0. The van der Waals surface area contributed by atoms with Gasteiger partial charge >= 0.3 is 0 Å². The number of hydrogen-bond donors (Lipinski definition) is 2. The van der Waals surface area contributed by atoms with E-state index in [-0.39, 0.29) is 11.4 Å². The number of nitrogens with zero attached hydrogens (tertiary/aromatic N) is 2. The average molecular weight is 298 g/mol. The van der Waals surface area contributed by atoms with Gasteiger partial charge in [0.2, 0.25) is 5.95 Å². The van der Waals surface area contributed by atoms with Crippen LogP contribution in [0.4, 0.5) is 5.95 Å². The summed E-state index contributed by atoms with van der Waals surface area (Å²) in [6.07, 6.45) is 2.47. The molecule has 0 radical (unpaired) electrons. The van der Waals surface area contributed by atoms with Gasteiger partial charge in [0.15, 0.2) is 0 Å². The maximum absolute atomic E-state index is 12.1. The SMILES string of the molecule is CC(C)(C)NC(=O)c1ccnc(NCCc2ccccc2)n1. The Hall–Kier alpha value is -2.43. The van der Waals surface area contributed by atoms with E-state index in [1.807, 2.05) is 39.0 Å². The van der Waals surface area contributed by atoms with E-state index in [9.17, 15) is 4.79 Å². The van der Waals surface area contributed by atoms with Crippen molar-refractivity contribution in [3.05, 3.63) is 53.9 Å². The summed E-state index contributed by atoms with van der Waals surface area (Å²) in [5.74, 6) is 0.276. The number of amides is 1. The van der Waals surface area contributed by atoms with E-state index in [1.165, 1.54) is 5.56 Å². The maximum atomic E-state index is 12.1. The second-order valence-electron chi connectivity index (χ2n) is 6.13. The van der Waals surface area contributed by atoms with Crippen LogP contribution in [0.5, 0.6) is 0 Å². The zero-order chi connectivity index (χ0) is 16.0. The average Bonchev–Trinajstić information content (AvgIpc) is 2.47. The van der Waals surface area contributed by atoms with Gasteiger partial charge in [-0.05, 0) is 38.8 Å². The molecule has 5 nitrogen and oxygen atoms in total. The largest absolute Gasteiger partial charge is 0.354 e. The molecule has 0 saturated carbocycles. The zero-order valence-electron chi connectivity index (χ0n) is 13.3. The smallest absolute Gasteiger partial charge is 0.270 e. The van der Waals surface area contributed by atoms with Crippen molar-refractivity contribution in [2.45, 2.75) is 32.7 Å². The third-order valence-corrected chi connectivity index (χ3v) is 2.92. The van der Waals surface area contributed by atoms with Crippen molar-refractivity contribution in [2.75, 3.05) is 11.9 Å². The number of anilines is 1. The molecule has 0 aliphatic heterocycles. The molecule has 1 aromatic heterocycles. The van der Waals surface area contributed by atoms with E-state index in [2.05, 4.69) is 32.7 Å². The number of carbonyl (C=O) groups is 1. The van der Waals surface area contributed by atoms with Gasteiger partial charge in [0, 0.05) is 18.3 Å². The summed E-state index contributed by atoms with van der Waals surface area (Å²) in [4.78, 5) is 20.5. The van der Waals surface area contributed by atoms with Crippen LogP contribution in [0.1, 0.15) is 36.8 Å². The number of rotatable bonds is 5. The normalized spacial score (nSPS) is 11.0. The number of benzene rings is 1. The standard InChI is InChI=1S/C17H22N4O/c1-17(2,3)21-15(22)14-10-12-19-16(20-14)18-11-9-13-7-5-4-6-8-13/h4-8,10,12H,9,11H2,1-3H3,(H,21,22)(H,18,19,20). The fourth-order valence-electron chi connectivity index (χ4n) is 1.94. The molecule has 1 heterocycles. The predicted molar refractivity (Wildman–Crippen MR) is 87.9 cm³/mol. The number of hydrogen-bond acceptors (Lipinski definition) is 4. The molecule has 1 amide bonds. The monoisotopic (exact) mass is 298 g/mol. The Morgan fingerprint density at radius 1 is 1.14 bits per heavy atom. The lowest BCUT2D eigenvalue weighted by molar-refractivity contribution is 0.0914. The molecule has 1 aromatic carbocycles. The molecule has 116 valence electrons. The second-order valence-corrected chi connectivity index (χ2v) is 6.13. The molecule has 0 saturated heterocycles. The van der Waals surface area contributed by atoms with Crippen molar-refractivity contribution in [1.29, 1.82) is 0 Å². The summed E-state index contributed by atoms with van der Waals surface area (Å²) in [6, 6.07) is 11.8. The molecule has 2 N–H and O–H groups in total. The molecule has 0 atom stereocenters. The third-order valence-electron chi connectivity index (χ3n) is 2.92. The van der Waals surface area contributed by atoms with Crippen LogP contribution in [-0.2, 0) is 6.42 Å². The first kappa shape index (κ1) is 15.9. The van der Waals surface area contributed by atoms with Gasteiger partial charge in [-0.15, -0.1) is 0 Å². The van der Waals surface area contributed by atoms with Crippen LogP contribution in [0.15, 0.2) is 42.6 Å². The fourth-order valence-corrected chi connectivity index (χ4v) is 1.94. The van der Waals surface area contributed by atoms with Crippen LogP contribution in [0.2, 0.25) is 0 Å². The minimum atomic E-state index is -0.289. The lowest BCUT2D eigenvalue weighted by Gasteiger charge is -2.20. The summed E-state index contributed by atoms with van der Waals surface area (Å²) in [7, 11) is 0. The quantitative estimate of drug-likeness (QED) is 0.890. The summed E-state index contributed by atoms with van der Waals surface area (Å²) in [5, 5.41) is 6.04. The molecule has 0 aliphatic rings. The Labute approximate surface area is 131 Å². The van der Waals surface area contributed by atoms with E-state index in [1.54, 1.807) is 12.3 Å². The van der Waals surface area contributed by atoms with Crippen molar-refractivity contribution < 1.29 is 4.79 Å². The van der Waals surface area contributed by atoms with Crippen molar-refractivity contribution in [1.82, 2.24) is 15.3 Å². The fraction of sp³-hybridized carbons (Fsp3) is 0.353. The molecule has 0 unspecified atom stereocenters. The van der Waals surface area contributed by atoms with Gasteiger partial charge in [0.1, 0.15) is 5.69 Å². The Kier molecular flexibility index (Phi) is 5.09. The lowest BCUT2D eigenvalue weighted by Crippen LogP contribution is -2.41. The molecule has 0 bridgehead atoms. The molecule has 2 aromatic rings.